The van der Waals surface area contributed by atoms with E-state index in [1.807, 2.05) is 0 Å². The van der Waals surface area contributed by atoms with Crippen molar-refractivity contribution in [1.29, 1.82) is 0 Å². The number of benzene rings is 4. The fraction of sp³-hybridized carbons (Fsp3) is 0.118. The normalized spacial score (nSPS) is 10.8. The Morgan fingerprint density at radius 1 is 0.525 bits per heavy atom. The van der Waals surface area contributed by atoms with Gasteiger partial charge < -0.3 is 33.9 Å². The van der Waals surface area contributed by atoms with Crippen LogP contribution in [0.25, 0.3) is 65.2 Å². The second-order valence-electron chi connectivity index (χ2n) is 10.1. The first kappa shape index (κ1) is 30.3. The number of aryl methyl sites for hydroxylation is 2. The predicted molar refractivity (Wildman–Crippen MR) is 165 cm³/mol. The molecule has 0 aliphatic heterocycles. The van der Waals surface area contributed by atoms with E-state index in [0.29, 0.717) is 0 Å². The van der Waals surface area contributed by atoms with Crippen molar-refractivity contribution in [3.63, 3.8) is 0 Å². The minimum Gasteiger partial charge on any atom is -1.00 e. The van der Waals surface area contributed by atoms with E-state index >= 15 is 0 Å². The molecule has 6 aromatic carbocycles. The molecule has 0 unspecified atom stereocenters. The first-order valence-corrected chi connectivity index (χ1v) is 19.2. The van der Waals surface area contributed by atoms with Gasteiger partial charge in [0.15, 0.2) is 0 Å². The Kier molecular flexibility index (Phi) is 9.47. The summed E-state index contributed by atoms with van der Waals surface area (Å²) in [4.78, 5) is 0. The van der Waals surface area contributed by atoms with Crippen LogP contribution in [-0.4, -0.2) is 14.6 Å². The molecule has 40 heavy (non-hydrogen) atoms. The van der Waals surface area contributed by atoms with Crippen molar-refractivity contribution >= 4 is 70.6 Å². The number of aromatic nitrogens is 2. The van der Waals surface area contributed by atoms with Gasteiger partial charge in [-0.3, -0.25) is 0 Å². The number of hydrogen-bond acceptors (Lipinski definition) is 0. The van der Waals surface area contributed by atoms with Crippen molar-refractivity contribution in [3.05, 3.63) is 109 Å². The molecule has 2 aromatic heterocycles. The fourth-order valence-electron chi connectivity index (χ4n) is 5.73. The minimum absolute atomic E-state index is 0. The van der Waals surface area contributed by atoms with Crippen LogP contribution < -0.4 is 24.8 Å². The summed E-state index contributed by atoms with van der Waals surface area (Å²) in [6.45, 7) is 4.62. The second kappa shape index (κ2) is 12.5. The topological polar surface area (TPSA) is 9.86 Å². The Morgan fingerprint density at radius 2 is 0.825 bits per heavy atom. The fourth-order valence-corrected chi connectivity index (χ4v) is 5.73. The van der Waals surface area contributed by atoms with Crippen molar-refractivity contribution in [1.82, 2.24) is 9.13 Å². The molecule has 0 saturated heterocycles. The van der Waals surface area contributed by atoms with Crippen LogP contribution in [0.2, 0.25) is 13.1 Å². The van der Waals surface area contributed by atoms with E-state index in [2.05, 4.69) is 146 Å². The van der Waals surface area contributed by atoms with E-state index in [1.54, 1.807) is 23.3 Å². The van der Waals surface area contributed by atoms with E-state index in [9.17, 15) is 0 Å². The van der Waals surface area contributed by atoms with Crippen molar-refractivity contribution in [2.24, 2.45) is 14.1 Å². The summed E-state index contributed by atoms with van der Waals surface area (Å²) >= 11 is 1.74. The number of para-hydroxylation sites is 2. The van der Waals surface area contributed by atoms with E-state index in [0.717, 1.165) is 0 Å². The molecule has 0 atom stereocenters. The van der Waals surface area contributed by atoms with Crippen molar-refractivity contribution in [3.8, 4) is 0 Å². The average molecular weight is 657 g/mol. The van der Waals surface area contributed by atoms with Crippen molar-refractivity contribution in [2.45, 2.75) is 13.1 Å². The van der Waals surface area contributed by atoms with E-state index in [-0.39, 0.29) is 30.2 Å². The monoisotopic (exact) mass is 654 g/mol. The predicted octanol–water partition coefficient (Wildman–Crippen LogP) is 3.20. The third kappa shape index (κ3) is 5.23. The molecule has 0 saturated carbocycles. The van der Waals surface area contributed by atoms with Crippen LogP contribution in [-0.2, 0) is 37.4 Å². The molecule has 2 heterocycles. The Balaban J connectivity index is 0.000000157. The van der Waals surface area contributed by atoms with Crippen LogP contribution in [0.5, 0.6) is 0 Å². The quantitative estimate of drug-likeness (QED) is 0.176. The van der Waals surface area contributed by atoms with Crippen molar-refractivity contribution < 1.29 is 48.1 Å². The third-order valence-corrected chi connectivity index (χ3v) is 7.35. The van der Waals surface area contributed by atoms with Gasteiger partial charge in [-0.15, -0.1) is 70.1 Å². The summed E-state index contributed by atoms with van der Waals surface area (Å²) in [5, 5.41) is 10.9. The van der Waals surface area contributed by atoms with Crippen LogP contribution in [0.15, 0.2) is 109 Å². The van der Waals surface area contributed by atoms with Gasteiger partial charge >= 0.3 is 41.9 Å². The zero-order valence-electron chi connectivity index (χ0n) is 23.0. The van der Waals surface area contributed by atoms with Crippen LogP contribution in [0.1, 0.15) is 0 Å². The summed E-state index contributed by atoms with van der Waals surface area (Å²) < 4.78 is 4.56. The molecule has 0 aliphatic carbocycles. The number of halogens is 2. The molecule has 6 heteroatoms. The van der Waals surface area contributed by atoms with Gasteiger partial charge in [0.2, 0.25) is 0 Å². The SMILES string of the molecule is C[Si](C)=[Zr+2].Cn1c2ccccc2c2c3ccccc3[cH-]c21.Cn1c2ccccc2c2c3ccccc3[cH-]c21.[Cl-].[Cl-]. The minimum atomic E-state index is 0. The maximum Gasteiger partial charge on any atom is 0.0373 e. The molecule has 8 rings (SSSR count). The zero-order valence-corrected chi connectivity index (χ0v) is 28.0. The zero-order chi connectivity index (χ0) is 26.4. The summed E-state index contributed by atoms with van der Waals surface area (Å²) in [6, 6.07) is 39.0. The van der Waals surface area contributed by atoms with Crippen molar-refractivity contribution in [2.75, 3.05) is 0 Å². The molecule has 0 aliphatic rings. The first-order valence-electron chi connectivity index (χ1n) is 13.0. The van der Waals surface area contributed by atoms with E-state index in [1.165, 1.54) is 65.2 Å². The third-order valence-electron chi connectivity index (χ3n) is 7.35. The molecule has 0 fully saturated rings. The molecule has 0 radical (unpaired) electrons. The van der Waals surface area contributed by atoms with Gasteiger partial charge in [-0.2, -0.15) is 0 Å². The molecule has 0 bridgehead atoms. The molecular formula is C34H30Cl2N2SiZr-2. The van der Waals surface area contributed by atoms with Gasteiger partial charge in [0, 0.05) is 25.1 Å². The standard InChI is InChI=1S/2C16H12N.C2H6Si.2ClH.Zr/c2*1-17-14-9-5-4-8-13(14)16-12-7-3-2-6-11(12)10-15(16)17;1-3-2;;;/h2*2-10H,1H3;1-2H3;2*1H;/q2*-1;;;;+2/p-2. The first-order chi connectivity index (χ1) is 18.5. The van der Waals surface area contributed by atoms with Gasteiger partial charge in [0.25, 0.3) is 0 Å². The molecule has 2 nitrogen and oxygen atoms in total. The number of rotatable bonds is 0. The summed E-state index contributed by atoms with van der Waals surface area (Å²) in [6.07, 6.45) is 0. The van der Waals surface area contributed by atoms with Crippen LogP contribution in [0.3, 0.4) is 0 Å². The van der Waals surface area contributed by atoms with Crippen LogP contribution in [0.4, 0.5) is 0 Å². The Morgan fingerprint density at radius 3 is 1.20 bits per heavy atom. The molecule has 200 valence electrons. The van der Waals surface area contributed by atoms with E-state index < -0.39 is 0 Å². The van der Waals surface area contributed by atoms with Crippen LogP contribution in [0, 0.1) is 0 Å². The Hall–Kier alpha value is -2.62. The second-order valence-corrected chi connectivity index (χ2v) is 19.5. The number of nitrogens with zero attached hydrogens (tertiary/aromatic N) is 2. The number of hydrogen-bond donors (Lipinski definition) is 0. The van der Waals surface area contributed by atoms with Gasteiger partial charge in [-0.25, -0.2) is 0 Å². The van der Waals surface area contributed by atoms with Gasteiger partial charge in [-0.05, 0) is 33.9 Å². The summed E-state index contributed by atoms with van der Waals surface area (Å²) in [5.41, 5.74) is 5.48. The van der Waals surface area contributed by atoms with Gasteiger partial charge in [0.05, 0.1) is 0 Å². The Labute approximate surface area is 262 Å². The molecule has 0 amide bonds. The smallest absolute Gasteiger partial charge is 0.0373 e. The maximum absolute atomic E-state index is 2.31. The molecule has 8 aromatic rings. The number of fused-ring (bicyclic) bond motifs is 10. The van der Waals surface area contributed by atoms with Gasteiger partial charge in [-0.1, -0.05) is 59.3 Å². The van der Waals surface area contributed by atoms with Gasteiger partial charge in [0.1, 0.15) is 0 Å². The summed E-state index contributed by atoms with van der Waals surface area (Å²) in [7, 11) is 4.28. The van der Waals surface area contributed by atoms with Crippen LogP contribution >= 0.6 is 0 Å². The average Bonchev–Trinajstić information content (AvgIpc) is 3.64. The van der Waals surface area contributed by atoms with E-state index in [4.69, 9.17) is 0 Å². The molecule has 0 spiro atoms. The molecular weight excluding hydrogens is 627 g/mol. The summed E-state index contributed by atoms with van der Waals surface area (Å²) in [5.74, 6) is 0. The molecule has 0 N–H and O–H groups in total. The maximum atomic E-state index is 2.31. The Bertz CT molecular complexity index is 1960. The largest absolute Gasteiger partial charge is 1.00 e.